The molecule has 0 saturated carbocycles. The summed E-state index contributed by atoms with van der Waals surface area (Å²) in [6.45, 7) is 1.87. The average Bonchev–Trinajstić information content (AvgIpc) is 2.75. The molecule has 2 aromatic carbocycles. The van der Waals surface area contributed by atoms with Gasteiger partial charge in [-0.3, -0.25) is 4.98 Å². The van der Waals surface area contributed by atoms with Crippen molar-refractivity contribution in [1.82, 2.24) is 4.98 Å². The number of aromatic carboxylic acids is 1. The SMILES string of the molecule is CCc1nc2cc(OC)c(OC)cc2c(-c2ccc(OC)c(OC)c2)c1C(=O)O. The number of carbonyl (C=O) groups is 1. The van der Waals surface area contributed by atoms with Crippen LogP contribution in [-0.4, -0.2) is 44.5 Å². The van der Waals surface area contributed by atoms with Gasteiger partial charge in [0.15, 0.2) is 23.0 Å². The minimum Gasteiger partial charge on any atom is -0.493 e. The van der Waals surface area contributed by atoms with Crippen LogP contribution < -0.4 is 18.9 Å². The van der Waals surface area contributed by atoms with Crippen LogP contribution in [0.3, 0.4) is 0 Å². The fourth-order valence-corrected chi connectivity index (χ4v) is 3.42. The number of aryl methyl sites for hydroxylation is 1. The van der Waals surface area contributed by atoms with Gasteiger partial charge >= 0.3 is 5.97 Å². The van der Waals surface area contributed by atoms with Gasteiger partial charge in [0, 0.05) is 17.0 Å². The van der Waals surface area contributed by atoms with Crippen LogP contribution in [0.1, 0.15) is 23.0 Å². The van der Waals surface area contributed by atoms with Crippen molar-refractivity contribution in [2.24, 2.45) is 0 Å². The maximum atomic E-state index is 12.2. The maximum Gasteiger partial charge on any atom is 0.338 e. The predicted octanol–water partition coefficient (Wildman–Crippen LogP) is 4.20. The Morgan fingerprint density at radius 2 is 1.48 bits per heavy atom. The minimum atomic E-state index is -1.05. The molecule has 0 saturated heterocycles. The monoisotopic (exact) mass is 397 g/mol. The number of carboxylic acids is 1. The third-order valence-corrected chi connectivity index (χ3v) is 4.79. The van der Waals surface area contributed by atoms with Crippen LogP contribution in [-0.2, 0) is 6.42 Å². The zero-order valence-corrected chi connectivity index (χ0v) is 17.0. The molecule has 0 atom stereocenters. The molecule has 0 unspecified atom stereocenters. The quantitative estimate of drug-likeness (QED) is 0.639. The number of nitrogens with zero attached hydrogens (tertiary/aromatic N) is 1. The van der Waals surface area contributed by atoms with Gasteiger partial charge in [-0.15, -0.1) is 0 Å². The number of hydrogen-bond acceptors (Lipinski definition) is 6. The normalized spacial score (nSPS) is 10.7. The van der Waals surface area contributed by atoms with Crippen LogP contribution in [0.2, 0.25) is 0 Å². The topological polar surface area (TPSA) is 87.1 Å². The molecule has 0 radical (unpaired) electrons. The van der Waals surface area contributed by atoms with E-state index in [4.69, 9.17) is 18.9 Å². The van der Waals surface area contributed by atoms with E-state index in [9.17, 15) is 9.90 Å². The molecule has 7 heteroatoms. The summed E-state index contributed by atoms with van der Waals surface area (Å²) in [6.07, 6.45) is 0.464. The second-order valence-electron chi connectivity index (χ2n) is 6.26. The molecule has 1 heterocycles. The van der Waals surface area contributed by atoms with Crippen LogP contribution in [0, 0.1) is 0 Å². The molecule has 0 bridgehead atoms. The van der Waals surface area contributed by atoms with E-state index >= 15 is 0 Å². The summed E-state index contributed by atoms with van der Waals surface area (Å²) in [4.78, 5) is 16.8. The third-order valence-electron chi connectivity index (χ3n) is 4.79. The predicted molar refractivity (Wildman–Crippen MR) is 110 cm³/mol. The average molecular weight is 397 g/mol. The molecule has 29 heavy (non-hydrogen) atoms. The lowest BCUT2D eigenvalue weighted by molar-refractivity contribution is 0.0696. The highest BCUT2D eigenvalue weighted by Gasteiger charge is 2.23. The second-order valence-corrected chi connectivity index (χ2v) is 6.26. The van der Waals surface area contributed by atoms with Crippen molar-refractivity contribution in [3.8, 4) is 34.1 Å². The number of fused-ring (bicyclic) bond motifs is 1. The molecular formula is C22H23NO6. The summed E-state index contributed by atoms with van der Waals surface area (Å²) >= 11 is 0. The van der Waals surface area contributed by atoms with Crippen molar-refractivity contribution >= 4 is 16.9 Å². The Hall–Kier alpha value is -3.48. The Balaban J connectivity index is 2.47. The molecule has 3 rings (SSSR count). The lowest BCUT2D eigenvalue weighted by Gasteiger charge is -2.17. The Labute approximate surface area is 168 Å². The molecule has 1 N–H and O–H groups in total. The summed E-state index contributed by atoms with van der Waals surface area (Å²) in [7, 11) is 6.17. The number of benzene rings is 2. The molecule has 0 fully saturated rings. The van der Waals surface area contributed by atoms with Gasteiger partial charge < -0.3 is 24.1 Å². The summed E-state index contributed by atoms with van der Waals surface area (Å²) in [6, 6.07) is 8.82. The Morgan fingerprint density at radius 3 is 2.03 bits per heavy atom. The van der Waals surface area contributed by atoms with Crippen molar-refractivity contribution in [2.45, 2.75) is 13.3 Å². The summed E-state index contributed by atoms with van der Waals surface area (Å²) < 4.78 is 21.5. The van der Waals surface area contributed by atoms with Gasteiger partial charge in [-0.25, -0.2) is 4.79 Å². The summed E-state index contributed by atoms with van der Waals surface area (Å²) in [5, 5.41) is 10.6. The van der Waals surface area contributed by atoms with E-state index in [1.54, 1.807) is 44.6 Å². The number of rotatable bonds is 7. The van der Waals surface area contributed by atoms with Crippen molar-refractivity contribution in [2.75, 3.05) is 28.4 Å². The van der Waals surface area contributed by atoms with E-state index in [0.29, 0.717) is 57.1 Å². The van der Waals surface area contributed by atoms with E-state index in [-0.39, 0.29) is 5.56 Å². The van der Waals surface area contributed by atoms with E-state index < -0.39 is 5.97 Å². The summed E-state index contributed by atoms with van der Waals surface area (Å²) in [5.41, 5.74) is 2.48. The fourth-order valence-electron chi connectivity index (χ4n) is 3.42. The standard InChI is InChI=1S/C22H23NO6/c1-6-14-21(22(24)25)20(12-7-8-16(26-2)17(9-12)27-3)13-10-18(28-4)19(29-5)11-15(13)23-14/h7-11H,6H2,1-5H3,(H,24,25). The number of carboxylic acid groups (broad SMARTS) is 1. The van der Waals surface area contributed by atoms with Gasteiger partial charge in [0.1, 0.15) is 0 Å². The van der Waals surface area contributed by atoms with E-state index in [0.717, 1.165) is 0 Å². The Bertz CT molecular complexity index is 1080. The van der Waals surface area contributed by atoms with Crippen LogP contribution in [0.15, 0.2) is 30.3 Å². The highest BCUT2D eigenvalue weighted by molar-refractivity contribution is 6.08. The first-order chi connectivity index (χ1) is 14.0. The number of methoxy groups -OCH3 is 4. The molecule has 0 aliphatic heterocycles. The van der Waals surface area contributed by atoms with E-state index in [2.05, 4.69) is 4.98 Å². The molecule has 7 nitrogen and oxygen atoms in total. The van der Waals surface area contributed by atoms with Gasteiger partial charge in [-0.1, -0.05) is 13.0 Å². The van der Waals surface area contributed by atoms with Crippen molar-refractivity contribution < 1.29 is 28.8 Å². The molecule has 0 spiro atoms. The summed E-state index contributed by atoms with van der Waals surface area (Å²) in [5.74, 6) is 1.03. The second kappa shape index (κ2) is 8.26. The van der Waals surface area contributed by atoms with Gasteiger partial charge in [0.25, 0.3) is 0 Å². The molecule has 1 aromatic heterocycles. The van der Waals surface area contributed by atoms with Gasteiger partial charge in [-0.2, -0.15) is 0 Å². The zero-order valence-electron chi connectivity index (χ0n) is 17.0. The molecule has 152 valence electrons. The zero-order chi connectivity index (χ0) is 21.1. The first kappa shape index (κ1) is 20.3. The van der Waals surface area contributed by atoms with Crippen molar-refractivity contribution in [3.05, 3.63) is 41.6 Å². The van der Waals surface area contributed by atoms with Crippen LogP contribution >= 0.6 is 0 Å². The molecule has 0 aliphatic carbocycles. The fraction of sp³-hybridized carbons (Fsp3) is 0.273. The molecular weight excluding hydrogens is 374 g/mol. The number of aromatic nitrogens is 1. The molecule has 3 aromatic rings. The highest BCUT2D eigenvalue weighted by Crippen LogP contribution is 2.41. The maximum absolute atomic E-state index is 12.2. The Kier molecular flexibility index (Phi) is 5.77. The first-order valence-electron chi connectivity index (χ1n) is 9.03. The lowest BCUT2D eigenvalue weighted by atomic mass is 9.92. The van der Waals surface area contributed by atoms with Gasteiger partial charge in [0.05, 0.1) is 45.2 Å². The third kappa shape index (κ3) is 3.51. The Morgan fingerprint density at radius 1 is 0.897 bits per heavy atom. The van der Waals surface area contributed by atoms with Gasteiger partial charge in [0.2, 0.25) is 0 Å². The molecule has 0 amide bonds. The van der Waals surface area contributed by atoms with Crippen LogP contribution in [0.25, 0.3) is 22.0 Å². The van der Waals surface area contributed by atoms with E-state index in [1.807, 2.05) is 6.92 Å². The largest absolute Gasteiger partial charge is 0.493 e. The van der Waals surface area contributed by atoms with E-state index in [1.165, 1.54) is 14.2 Å². The van der Waals surface area contributed by atoms with Crippen molar-refractivity contribution in [1.29, 1.82) is 0 Å². The van der Waals surface area contributed by atoms with Crippen molar-refractivity contribution in [3.63, 3.8) is 0 Å². The smallest absolute Gasteiger partial charge is 0.338 e. The minimum absolute atomic E-state index is 0.152. The van der Waals surface area contributed by atoms with Crippen LogP contribution in [0.5, 0.6) is 23.0 Å². The van der Waals surface area contributed by atoms with Crippen LogP contribution in [0.4, 0.5) is 0 Å². The highest BCUT2D eigenvalue weighted by atomic mass is 16.5. The number of pyridine rings is 1. The lowest BCUT2D eigenvalue weighted by Crippen LogP contribution is -2.08. The first-order valence-corrected chi connectivity index (χ1v) is 9.03. The molecule has 0 aliphatic rings. The van der Waals surface area contributed by atoms with Gasteiger partial charge in [-0.05, 0) is 30.2 Å². The number of ether oxygens (including phenoxy) is 4. The number of hydrogen-bond donors (Lipinski definition) is 1.